The number of nitrogens with zero attached hydrogens (tertiary/aromatic N) is 3. The number of aryl methyl sites for hydroxylation is 1. The second-order valence-electron chi connectivity index (χ2n) is 7.11. The first-order valence-electron chi connectivity index (χ1n) is 9.76. The number of likely N-dealkylation sites (N-methyl/N-ethyl adjacent to an activating group) is 1. The van der Waals surface area contributed by atoms with Crippen LogP contribution < -0.4 is 10.1 Å². The van der Waals surface area contributed by atoms with Gasteiger partial charge in [-0.2, -0.15) is 5.10 Å². The van der Waals surface area contributed by atoms with Crippen molar-refractivity contribution < 1.29 is 9.53 Å². The Bertz CT molecular complexity index is 933. The zero-order valence-corrected chi connectivity index (χ0v) is 17.4. The second kappa shape index (κ2) is 9.39. The van der Waals surface area contributed by atoms with Gasteiger partial charge in [-0.3, -0.25) is 4.79 Å². The summed E-state index contributed by atoms with van der Waals surface area (Å²) in [5, 5.41) is 7.45. The SMILES string of the molecule is CCc1ccc(C(CNC(=O)c2nn(-c3ccccc3)cc2OC)N(C)C)cc1. The predicted molar refractivity (Wildman–Crippen MR) is 115 cm³/mol. The number of carbonyl (C=O) groups is 1. The van der Waals surface area contributed by atoms with Crippen molar-refractivity contribution in [3.05, 3.63) is 77.6 Å². The summed E-state index contributed by atoms with van der Waals surface area (Å²) in [5.74, 6) is 0.189. The zero-order chi connectivity index (χ0) is 20.8. The van der Waals surface area contributed by atoms with Gasteiger partial charge >= 0.3 is 0 Å². The number of para-hydroxylation sites is 1. The van der Waals surface area contributed by atoms with Gasteiger partial charge in [-0.25, -0.2) is 4.68 Å². The highest BCUT2D eigenvalue weighted by Gasteiger charge is 2.21. The van der Waals surface area contributed by atoms with Crippen LogP contribution >= 0.6 is 0 Å². The summed E-state index contributed by atoms with van der Waals surface area (Å²) in [7, 11) is 5.56. The fourth-order valence-corrected chi connectivity index (χ4v) is 3.22. The Balaban J connectivity index is 1.75. The molecule has 6 heteroatoms. The molecule has 1 heterocycles. The number of hydrogen-bond acceptors (Lipinski definition) is 4. The van der Waals surface area contributed by atoms with E-state index in [2.05, 4.69) is 46.5 Å². The number of methoxy groups -OCH3 is 1. The van der Waals surface area contributed by atoms with Crippen molar-refractivity contribution in [3.8, 4) is 11.4 Å². The van der Waals surface area contributed by atoms with Crippen LogP contribution in [0.1, 0.15) is 34.6 Å². The van der Waals surface area contributed by atoms with Gasteiger partial charge in [0.25, 0.3) is 5.91 Å². The number of aromatic nitrogens is 2. The van der Waals surface area contributed by atoms with Crippen molar-refractivity contribution >= 4 is 5.91 Å². The molecule has 1 atom stereocenters. The molecule has 0 saturated heterocycles. The number of hydrogen-bond donors (Lipinski definition) is 1. The van der Waals surface area contributed by atoms with Gasteiger partial charge in [-0.15, -0.1) is 0 Å². The Kier molecular flexibility index (Phi) is 6.67. The monoisotopic (exact) mass is 392 g/mol. The number of amides is 1. The van der Waals surface area contributed by atoms with Crippen LogP contribution in [0.2, 0.25) is 0 Å². The lowest BCUT2D eigenvalue weighted by molar-refractivity contribution is 0.0933. The van der Waals surface area contributed by atoms with Gasteiger partial charge in [0.2, 0.25) is 0 Å². The zero-order valence-electron chi connectivity index (χ0n) is 17.4. The Hall–Kier alpha value is -3.12. The van der Waals surface area contributed by atoms with Crippen molar-refractivity contribution in [2.75, 3.05) is 27.7 Å². The van der Waals surface area contributed by atoms with E-state index in [1.807, 2.05) is 44.4 Å². The molecule has 2 aromatic carbocycles. The molecule has 0 fully saturated rings. The summed E-state index contributed by atoms with van der Waals surface area (Å²) in [6.45, 7) is 2.61. The highest BCUT2D eigenvalue weighted by Crippen LogP contribution is 2.21. The van der Waals surface area contributed by atoms with Crippen molar-refractivity contribution in [2.45, 2.75) is 19.4 Å². The van der Waals surface area contributed by atoms with E-state index in [1.165, 1.54) is 5.56 Å². The topological polar surface area (TPSA) is 59.4 Å². The molecule has 0 radical (unpaired) electrons. The summed E-state index contributed by atoms with van der Waals surface area (Å²) in [5.41, 5.74) is 3.60. The highest BCUT2D eigenvalue weighted by atomic mass is 16.5. The van der Waals surface area contributed by atoms with E-state index in [4.69, 9.17) is 4.74 Å². The fraction of sp³-hybridized carbons (Fsp3) is 0.304. The molecule has 6 nitrogen and oxygen atoms in total. The quantitative estimate of drug-likeness (QED) is 0.638. The molecular formula is C23H28N4O2. The number of carbonyl (C=O) groups excluding carboxylic acids is 1. The summed E-state index contributed by atoms with van der Waals surface area (Å²) < 4.78 is 7.03. The molecule has 0 aliphatic heterocycles. The first-order valence-corrected chi connectivity index (χ1v) is 9.76. The van der Waals surface area contributed by atoms with Crippen LogP contribution in [0.5, 0.6) is 5.75 Å². The van der Waals surface area contributed by atoms with Gasteiger partial charge in [-0.05, 0) is 43.8 Å². The van der Waals surface area contributed by atoms with Gasteiger partial charge < -0.3 is 15.0 Å². The third-order valence-corrected chi connectivity index (χ3v) is 4.99. The molecule has 1 N–H and O–H groups in total. The molecular weight excluding hydrogens is 364 g/mol. The third kappa shape index (κ3) is 4.84. The van der Waals surface area contributed by atoms with Gasteiger partial charge in [0, 0.05) is 6.54 Å². The van der Waals surface area contributed by atoms with Crippen LogP contribution in [0.3, 0.4) is 0 Å². The van der Waals surface area contributed by atoms with E-state index in [9.17, 15) is 4.79 Å². The largest absolute Gasteiger partial charge is 0.493 e. The minimum absolute atomic E-state index is 0.0621. The highest BCUT2D eigenvalue weighted by molar-refractivity contribution is 5.95. The molecule has 3 rings (SSSR count). The van der Waals surface area contributed by atoms with E-state index < -0.39 is 0 Å². The number of ether oxygens (including phenoxy) is 1. The predicted octanol–water partition coefficient (Wildman–Crippen LogP) is 3.48. The lowest BCUT2D eigenvalue weighted by Gasteiger charge is -2.25. The van der Waals surface area contributed by atoms with Crippen LogP contribution in [0.15, 0.2) is 60.8 Å². The number of benzene rings is 2. The van der Waals surface area contributed by atoms with E-state index in [1.54, 1.807) is 18.0 Å². The normalized spacial score (nSPS) is 12.0. The standard InChI is InChI=1S/C23H28N4O2/c1-5-17-11-13-18(14-12-17)20(26(2)3)15-24-23(28)22-21(29-4)16-27(25-22)19-9-7-6-8-10-19/h6-14,16,20H,5,15H2,1-4H3,(H,24,28). The maximum atomic E-state index is 12.8. The Labute approximate surface area is 172 Å². The Morgan fingerprint density at radius 3 is 2.41 bits per heavy atom. The Morgan fingerprint density at radius 1 is 1.14 bits per heavy atom. The first-order chi connectivity index (χ1) is 14.0. The molecule has 0 aliphatic rings. The van der Waals surface area contributed by atoms with Crippen LogP contribution in [0, 0.1) is 0 Å². The molecule has 3 aromatic rings. The average molecular weight is 393 g/mol. The molecule has 0 bridgehead atoms. The van der Waals surface area contributed by atoms with Crippen molar-refractivity contribution in [3.63, 3.8) is 0 Å². The molecule has 0 saturated carbocycles. The molecule has 1 amide bonds. The first kappa shape index (κ1) is 20.6. The summed E-state index contributed by atoms with van der Waals surface area (Å²) >= 11 is 0. The number of rotatable bonds is 8. The minimum atomic E-state index is -0.256. The Morgan fingerprint density at radius 2 is 1.83 bits per heavy atom. The molecule has 0 spiro atoms. The minimum Gasteiger partial charge on any atom is -0.493 e. The van der Waals surface area contributed by atoms with Crippen LogP contribution in [0.25, 0.3) is 5.69 Å². The molecule has 152 valence electrons. The van der Waals surface area contributed by atoms with Crippen LogP contribution in [-0.4, -0.2) is 48.3 Å². The van der Waals surface area contributed by atoms with Crippen molar-refractivity contribution in [2.24, 2.45) is 0 Å². The maximum Gasteiger partial charge on any atom is 0.275 e. The molecule has 0 aliphatic carbocycles. The van der Waals surface area contributed by atoms with E-state index in [-0.39, 0.29) is 17.6 Å². The maximum absolute atomic E-state index is 12.8. The molecule has 1 aromatic heterocycles. The lowest BCUT2D eigenvalue weighted by Crippen LogP contribution is -2.35. The smallest absolute Gasteiger partial charge is 0.275 e. The average Bonchev–Trinajstić information content (AvgIpc) is 3.19. The molecule has 29 heavy (non-hydrogen) atoms. The van der Waals surface area contributed by atoms with Crippen LogP contribution in [0.4, 0.5) is 0 Å². The van der Waals surface area contributed by atoms with Gasteiger partial charge in [0.05, 0.1) is 25.0 Å². The van der Waals surface area contributed by atoms with Crippen molar-refractivity contribution in [1.29, 1.82) is 0 Å². The summed E-state index contributed by atoms with van der Waals surface area (Å²) in [6, 6.07) is 18.2. The van der Waals surface area contributed by atoms with Crippen LogP contribution in [-0.2, 0) is 6.42 Å². The van der Waals surface area contributed by atoms with Gasteiger partial charge in [0.15, 0.2) is 11.4 Å². The summed E-state index contributed by atoms with van der Waals surface area (Å²) in [6.07, 6.45) is 2.73. The number of nitrogens with one attached hydrogen (secondary N) is 1. The third-order valence-electron chi connectivity index (χ3n) is 4.99. The van der Waals surface area contributed by atoms with Crippen molar-refractivity contribution in [1.82, 2.24) is 20.0 Å². The summed E-state index contributed by atoms with van der Waals surface area (Å²) in [4.78, 5) is 14.9. The van der Waals surface area contributed by atoms with E-state index in [0.717, 1.165) is 17.7 Å². The fourth-order valence-electron chi connectivity index (χ4n) is 3.22. The van der Waals surface area contributed by atoms with E-state index in [0.29, 0.717) is 12.3 Å². The second-order valence-corrected chi connectivity index (χ2v) is 7.11. The van der Waals surface area contributed by atoms with Gasteiger partial charge in [0.1, 0.15) is 0 Å². The molecule has 1 unspecified atom stereocenters. The van der Waals surface area contributed by atoms with Gasteiger partial charge in [-0.1, -0.05) is 49.4 Å². The lowest BCUT2D eigenvalue weighted by atomic mass is 10.0. The van der Waals surface area contributed by atoms with E-state index >= 15 is 0 Å².